The third-order valence-corrected chi connectivity index (χ3v) is 2.45. The minimum absolute atomic E-state index is 0.263. The molecule has 0 aliphatic carbocycles. The molecule has 1 nitrogen and oxygen atoms in total. The molecule has 15 heavy (non-hydrogen) atoms. The maximum absolute atomic E-state index is 9.73. The molecule has 0 saturated heterocycles. The minimum atomic E-state index is -0.263. The molecule has 0 amide bonds. The molecule has 1 rings (SSSR count). The Morgan fingerprint density at radius 1 is 1.33 bits per heavy atom. The summed E-state index contributed by atoms with van der Waals surface area (Å²) in [5.74, 6) is 2.58. The van der Waals surface area contributed by atoms with Crippen LogP contribution in [0.15, 0.2) is 24.3 Å². The first-order valence-corrected chi connectivity index (χ1v) is 5.39. The smallest absolute Gasteiger partial charge is 0.0580 e. The third-order valence-electron chi connectivity index (χ3n) is 2.45. The fraction of sp³-hybridized carbons (Fsp3) is 0.429. The molecule has 0 spiro atoms. The van der Waals surface area contributed by atoms with Crippen molar-refractivity contribution >= 4 is 0 Å². The Hall–Kier alpha value is -1.26. The molecule has 0 fully saturated rings. The first-order chi connectivity index (χ1) is 7.22. The highest BCUT2D eigenvalue weighted by molar-refractivity contribution is 5.21. The van der Waals surface area contributed by atoms with E-state index >= 15 is 0 Å². The van der Waals surface area contributed by atoms with Crippen LogP contribution in [0, 0.1) is 19.3 Å². The van der Waals surface area contributed by atoms with Crippen molar-refractivity contribution in [1.29, 1.82) is 0 Å². The van der Waals surface area contributed by atoms with E-state index in [-0.39, 0.29) is 6.10 Å². The monoisotopic (exact) mass is 202 g/mol. The van der Waals surface area contributed by atoms with Crippen molar-refractivity contribution in [2.75, 3.05) is 0 Å². The van der Waals surface area contributed by atoms with E-state index in [1.165, 1.54) is 11.1 Å². The lowest BCUT2D eigenvalue weighted by Gasteiger charge is -2.09. The summed E-state index contributed by atoms with van der Waals surface area (Å²) in [7, 11) is 0. The van der Waals surface area contributed by atoms with Gasteiger partial charge < -0.3 is 5.11 Å². The summed E-state index contributed by atoms with van der Waals surface area (Å²) in [6.07, 6.45) is 8.07. The maximum Gasteiger partial charge on any atom is 0.0580 e. The van der Waals surface area contributed by atoms with Gasteiger partial charge in [0.1, 0.15) is 0 Å². The number of aliphatic hydroxyl groups is 1. The molecule has 1 N–H and O–H groups in total. The highest BCUT2D eigenvalue weighted by Gasteiger charge is 2.04. The number of hydrogen-bond donors (Lipinski definition) is 1. The highest BCUT2D eigenvalue weighted by atomic mass is 16.3. The Kier molecular flexibility index (Phi) is 4.93. The molecular formula is C14H18O. The van der Waals surface area contributed by atoms with E-state index in [1.807, 2.05) is 0 Å². The number of rotatable bonds is 5. The highest BCUT2D eigenvalue weighted by Crippen LogP contribution is 2.09. The van der Waals surface area contributed by atoms with Crippen LogP contribution in [-0.4, -0.2) is 11.2 Å². The summed E-state index contributed by atoms with van der Waals surface area (Å²) in [5.41, 5.74) is 2.44. The molecule has 0 radical (unpaired) electrons. The van der Waals surface area contributed by atoms with Crippen molar-refractivity contribution in [3.8, 4) is 12.3 Å². The summed E-state index contributed by atoms with van der Waals surface area (Å²) >= 11 is 0. The quantitative estimate of drug-likeness (QED) is 0.575. The van der Waals surface area contributed by atoms with Gasteiger partial charge in [0.05, 0.1) is 6.10 Å². The Balaban J connectivity index is 2.34. The Morgan fingerprint density at radius 2 is 2.00 bits per heavy atom. The van der Waals surface area contributed by atoms with E-state index in [0.717, 1.165) is 25.7 Å². The van der Waals surface area contributed by atoms with Crippen LogP contribution in [0.5, 0.6) is 0 Å². The molecule has 0 heterocycles. The standard InChI is InChI=1S/C14H18O/c1-3-4-5-6-14(15)11-13-9-7-12(2)8-10-13/h1,7-10,14-15H,4-6,11H2,2H3. The van der Waals surface area contributed by atoms with Crippen molar-refractivity contribution in [2.24, 2.45) is 0 Å². The predicted octanol–water partition coefficient (Wildman–Crippen LogP) is 2.70. The van der Waals surface area contributed by atoms with Crippen LogP contribution in [0.25, 0.3) is 0 Å². The number of aliphatic hydroxyl groups excluding tert-OH is 1. The zero-order valence-corrected chi connectivity index (χ0v) is 9.24. The van der Waals surface area contributed by atoms with Gasteiger partial charge in [-0.3, -0.25) is 0 Å². The van der Waals surface area contributed by atoms with Crippen molar-refractivity contribution in [2.45, 2.75) is 38.7 Å². The van der Waals surface area contributed by atoms with E-state index in [2.05, 4.69) is 37.1 Å². The van der Waals surface area contributed by atoms with Gasteiger partial charge in [-0.2, -0.15) is 0 Å². The predicted molar refractivity (Wildman–Crippen MR) is 63.6 cm³/mol. The van der Waals surface area contributed by atoms with E-state index in [4.69, 9.17) is 6.42 Å². The molecule has 1 aromatic rings. The van der Waals surface area contributed by atoms with Crippen LogP contribution in [0.4, 0.5) is 0 Å². The first-order valence-electron chi connectivity index (χ1n) is 5.39. The van der Waals surface area contributed by atoms with Gasteiger partial charge in [0.2, 0.25) is 0 Å². The molecule has 1 aromatic carbocycles. The van der Waals surface area contributed by atoms with Crippen LogP contribution in [0.3, 0.4) is 0 Å². The number of benzene rings is 1. The zero-order valence-electron chi connectivity index (χ0n) is 9.24. The molecule has 1 heteroatoms. The molecule has 0 aliphatic rings. The third kappa shape index (κ3) is 4.67. The second kappa shape index (κ2) is 6.27. The number of hydrogen-bond acceptors (Lipinski definition) is 1. The lowest BCUT2D eigenvalue weighted by molar-refractivity contribution is 0.162. The Morgan fingerprint density at radius 3 is 2.60 bits per heavy atom. The largest absolute Gasteiger partial charge is 0.393 e. The number of unbranched alkanes of at least 4 members (excludes halogenated alkanes) is 1. The molecule has 1 unspecified atom stereocenters. The van der Waals surface area contributed by atoms with Gasteiger partial charge in [-0.25, -0.2) is 0 Å². The topological polar surface area (TPSA) is 20.2 Å². The van der Waals surface area contributed by atoms with E-state index in [9.17, 15) is 5.11 Å². The van der Waals surface area contributed by atoms with Gasteiger partial charge in [0.25, 0.3) is 0 Å². The second-order valence-electron chi connectivity index (χ2n) is 3.94. The lowest BCUT2D eigenvalue weighted by atomic mass is 10.0. The van der Waals surface area contributed by atoms with Gasteiger partial charge in [-0.15, -0.1) is 12.3 Å². The average molecular weight is 202 g/mol. The summed E-state index contributed by atoms with van der Waals surface area (Å²) in [6.45, 7) is 2.06. The van der Waals surface area contributed by atoms with Crippen LogP contribution < -0.4 is 0 Å². The normalized spacial score (nSPS) is 12.1. The average Bonchev–Trinajstić information content (AvgIpc) is 2.22. The summed E-state index contributed by atoms with van der Waals surface area (Å²) < 4.78 is 0. The molecule has 0 saturated carbocycles. The number of terminal acetylenes is 1. The van der Waals surface area contributed by atoms with Gasteiger partial charge in [-0.05, 0) is 31.7 Å². The fourth-order valence-corrected chi connectivity index (χ4v) is 1.54. The SMILES string of the molecule is C#CCCCC(O)Cc1ccc(C)cc1. The number of aryl methyl sites for hydroxylation is 1. The minimum Gasteiger partial charge on any atom is -0.393 e. The zero-order chi connectivity index (χ0) is 11.1. The fourth-order valence-electron chi connectivity index (χ4n) is 1.54. The molecule has 0 aliphatic heterocycles. The van der Waals surface area contributed by atoms with Gasteiger partial charge in [-0.1, -0.05) is 29.8 Å². The van der Waals surface area contributed by atoms with Crippen molar-refractivity contribution < 1.29 is 5.11 Å². The van der Waals surface area contributed by atoms with Crippen LogP contribution in [0.1, 0.15) is 30.4 Å². The van der Waals surface area contributed by atoms with E-state index in [1.54, 1.807) is 0 Å². The molecule has 0 aromatic heterocycles. The molecular weight excluding hydrogens is 184 g/mol. The lowest BCUT2D eigenvalue weighted by Crippen LogP contribution is -2.09. The molecule has 1 atom stereocenters. The van der Waals surface area contributed by atoms with Crippen molar-refractivity contribution in [1.82, 2.24) is 0 Å². The van der Waals surface area contributed by atoms with Gasteiger partial charge >= 0.3 is 0 Å². The molecule has 80 valence electrons. The van der Waals surface area contributed by atoms with Crippen LogP contribution in [-0.2, 0) is 6.42 Å². The van der Waals surface area contributed by atoms with E-state index in [0.29, 0.717) is 0 Å². The Labute approximate surface area is 92.1 Å². The van der Waals surface area contributed by atoms with Crippen LogP contribution >= 0.6 is 0 Å². The maximum atomic E-state index is 9.73. The van der Waals surface area contributed by atoms with E-state index < -0.39 is 0 Å². The summed E-state index contributed by atoms with van der Waals surface area (Å²) in [6, 6.07) is 8.28. The second-order valence-corrected chi connectivity index (χ2v) is 3.94. The Bertz CT molecular complexity index is 318. The van der Waals surface area contributed by atoms with Crippen molar-refractivity contribution in [3.63, 3.8) is 0 Å². The van der Waals surface area contributed by atoms with Crippen LogP contribution in [0.2, 0.25) is 0 Å². The molecule has 0 bridgehead atoms. The van der Waals surface area contributed by atoms with Gasteiger partial charge in [0, 0.05) is 6.42 Å². The first kappa shape index (κ1) is 11.8. The summed E-state index contributed by atoms with van der Waals surface area (Å²) in [5, 5.41) is 9.73. The van der Waals surface area contributed by atoms with Crippen molar-refractivity contribution in [3.05, 3.63) is 35.4 Å². The summed E-state index contributed by atoms with van der Waals surface area (Å²) in [4.78, 5) is 0. The van der Waals surface area contributed by atoms with Gasteiger partial charge in [0.15, 0.2) is 0 Å².